The number of rotatable bonds is 3. The van der Waals surface area contributed by atoms with E-state index < -0.39 is 0 Å². The van der Waals surface area contributed by atoms with Gasteiger partial charge in [0.25, 0.3) is 0 Å². The van der Waals surface area contributed by atoms with Crippen molar-refractivity contribution in [3.8, 4) is 0 Å². The van der Waals surface area contributed by atoms with Crippen LogP contribution in [0.4, 0.5) is 4.39 Å². The summed E-state index contributed by atoms with van der Waals surface area (Å²) in [6, 6.07) is 11.3. The molecule has 0 nitrogen and oxygen atoms in total. The third-order valence-corrected chi connectivity index (χ3v) is 3.77. The summed E-state index contributed by atoms with van der Waals surface area (Å²) in [6.45, 7) is 3.52. The highest BCUT2D eigenvalue weighted by Crippen LogP contribution is 2.28. The van der Waals surface area contributed by atoms with Crippen molar-refractivity contribution >= 4 is 23.2 Å². The van der Waals surface area contributed by atoms with Gasteiger partial charge in [0.15, 0.2) is 0 Å². The maximum atomic E-state index is 13.6. The minimum Gasteiger partial charge on any atom is -0.206 e. The van der Waals surface area contributed by atoms with E-state index in [1.165, 1.54) is 0 Å². The fourth-order valence-corrected chi connectivity index (χ4v) is 2.67. The highest BCUT2D eigenvalue weighted by Gasteiger charge is 2.12. The van der Waals surface area contributed by atoms with Gasteiger partial charge in [-0.25, -0.2) is 4.39 Å². The van der Waals surface area contributed by atoms with Crippen LogP contribution in [0.15, 0.2) is 36.4 Å². The molecular weight excluding hydrogens is 282 g/mol. The Labute approximate surface area is 123 Å². The number of halogens is 3. The van der Waals surface area contributed by atoms with Gasteiger partial charge in [0.2, 0.25) is 0 Å². The highest BCUT2D eigenvalue weighted by atomic mass is 35.5. The lowest BCUT2D eigenvalue weighted by Gasteiger charge is -2.13. The zero-order chi connectivity index (χ0) is 14.0. The Bertz CT molecular complexity index is 570. The van der Waals surface area contributed by atoms with Crippen molar-refractivity contribution in [1.29, 1.82) is 0 Å². The molecule has 0 aliphatic carbocycles. The van der Waals surface area contributed by atoms with Gasteiger partial charge in [0.1, 0.15) is 5.82 Å². The number of hydrogen-bond acceptors (Lipinski definition) is 0. The molecule has 0 saturated heterocycles. The van der Waals surface area contributed by atoms with Gasteiger partial charge in [-0.05, 0) is 54.7 Å². The second-order valence-corrected chi connectivity index (χ2v) is 5.73. The van der Waals surface area contributed by atoms with Crippen molar-refractivity contribution in [2.24, 2.45) is 0 Å². The van der Waals surface area contributed by atoms with Crippen LogP contribution in [0.25, 0.3) is 0 Å². The van der Waals surface area contributed by atoms with E-state index in [1.807, 2.05) is 36.4 Å². The van der Waals surface area contributed by atoms with Crippen molar-refractivity contribution < 1.29 is 4.39 Å². The third-order valence-electron chi connectivity index (χ3n) is 3.12. The fourth-order valence-electron chi connectivity index (χ4n) is 2.15. The minimum atomic E-state index is -0.184. The molecule has 0 bridgehead atoms. The second kappa shape index (κ2) is 5.94. The summed E-state index contributed by atoms with van der Waals surface area (Å²) in [5, 5.41) is 0.518. The Morgan fingerprint density at radius 2 is 1.74 bits per heavy atom. The van der Waals surface area contributed by atoms with Gasteiger partial charge in [0.05, 0.1) is 5.38 Å². The molecule has 0 aromatic heterocycles. The van der Waals surface area contributed by atoms with E-state index in [2.05, 4.69) is 0 Å². The predicted octanol–water partition coefficient (Wildman–Crippen LogP) is 5.62. The third kappa shape index (κ3) is 3.49. The van der Waals surface area contributed by atoms with E-state index in [1.54, 1.807) is 13.8 Å². The van der Waals surface area contributed by atoms with Crippen LogP contribution in [0.1, 0.15) is 27.6 Å². The van der Waals surface area contributed by atoms with E-state index >= 15 is 0 Å². The largest absolute Gasteiger partial charge is 0.206 e. The first kappa shape index (κ1) is 14.4. The summed E-state index contributed by atoms with van der Waals surface area (Å²) in [4.78, 5) is 0. The molecule has 0 spiro atoms. The van der Waals surface area contributed by atoms with Crippen LogP contribution >= 0.6 is 23.2 Å². The molecule has 0 fully saturated rings. The molecule has 0 radical (unpaired) electrons. The smallest absolute Gasteiger partial charge is 0.129 e. The molecular formula is C16H15Cl2F. The number of benzene rings is 2. The SMILES string of the molecule is Cc1cc(C(Cl)Cc2cccc(Cl)c2)cc(C)c1F. The van der Waals surface area contributed by atoms with Crippen molar-refractivity contribution in [2.45, 2.75) is 25.6 Å². The van der Waals surface area contributed by atoms with E-state index in [-0.39, 0.29) is 11.2 Å². The minimum absolute atomic E-state index is 0.157. The van der Waals surface area contributed by atoms with Crippen molar-refractivity contribution in [3.63, 3.8) is 0 Å². The Morgan fingerprint density at radius 1 is 1.11 bits per heavy atom. The van der Waals surface area contributed by atoms with Crippen LogP contribution in [0.2, 0.25) is 5.02 Å². The zero-order valence-electron chi connectivity index (χ0n) is 10.9. The first-order valence-electron chi connectivity index (χ1n) is 6.12. The molecule has 2 aromatic carbocycles. The van der Waals surface area contributed by atoms with Gasteiger partial charge < -0.3 is 0 Å². The van der Waals surface area contributed by atoms with Gasteiger partial charge in [0, 0.05) is 5.02 Å². The fraction of sp³-hybridized carbons (Fsp3) is 0.250. The maximum absolute atomic E-state index is 13.6. The summed E-state index contributed by atoms with van der Waals surface area (Å²) in [5.74, 6) is -0.157. The summed E-state index contributed by atoms with van der Waals surface area (Å²) in [7, 11) is 0. The monoisotopic (exact) mass is 296 g/mol. The summed E-state index contributed by atoms with van der Waals surface area (Å²) < 4.78 is 13.6. The molecule has 1 unspecified atom stereocenters. The topological polar surface area (TPSA) is 0 Å². The molecule has 0 N–H and O–H groups in total. The van der Waals surface area contributed by atoms with Crippen LogP contribution < -0.4 is 0 Å². The summed E-state index contributed by atoms with van der Waals surface area (Å²) in [6.07, 6.45) is 0.673. The lowest BCUT2D eigenvalue weighted by Crippen LogP contribution is -1.99. The van der Waals surface area contributed by atoms with Gasteiger partial charge in [-0.15, -0.1) is 11.6 Å². The number of hydrogen-bond donors (Lipinski definition) is 0. The normalized spacial score (nSPS) is 12.5. The van der Waals surface area contributed by atoms with Crippen LogP contribution in [-0.2, 0) is 6.42 Å². The van der Waals surface area contributed by atoms with Crippen LogP contribution in [0, 0.1) is 19.7 Å². The molecule has 0 amide bonds. The predicted molar refractivity (Wildman–Crippen MR) is 79.6 cm³/mol. The molecule has 3 heteroatoms. The molecule has 2 rings (SSSR count). The van der Waals surface area contributed by atoms with Crippen LogP contribution in [0.5, 0.6) is 0 Å². The average molecular weight is 297 g/mol. The zero-order valence-corrected chi connectivity index (χ0v) is 12.4. The summed E-state index contributed by atoms with van der Waals surface area (Å²) in [5.41, 5.74) is 3.28. The van der Waals surface area contributed by atoms with Crippen LogP contribution in [0.3, 0.4) is 0 Å². The number of alkyl halides is 1. The molecule has 0 heterocycles. The summed E-state index contributed by atoms with van der Waals surface area (Å²) >= 11 is 12.4. The molecule has 0 aliphatic heterocycles. The molecule has 0 aliphatic rings. The van der Waals surface area contributed by atoms with Crippen molar-refractivity contribution in [2.75, 3.05) is 0 Å². The highest BCUT2D eigenvalue weighted by molar-refractivity contribution is 6.30. The lowest BCUT2D eigenvalue weighted by atomic mass is 10.00. The Balaban J connectivity index is 2.23. The van der Waals surface area contributed by atoms with E-state index in [9.17, 15) is 4.39 Å². The quantitative estimate of drug-likeness (QED) is 0.645. The van der Waals surface area contributed by atoms with Gasteiger partial charge in [-0.2, -0.15) is 0 Å². The maximum Gasteiger partial charge on any atom is 0.129 e. The average Bonchev–Trinajstić information content (AvgIpc) is 2.35. The molecule has 0 saturated carbocycles. The second-order valence-electron chi connectivity index (χ2n) is 4.77. The molecule has 2 aromatic rings. The first-order chi connectivity index (χ1) is 8.97. The van der Waals surface area contributed by atoms with Gasteiger partial charge in [-0.1, -0.05) is 35.9 Å². The first-order valence-corrected chi connectivity index (χ1v) is 6.94. The lowest BCUT2D eigenvalue weighted by molar-refractivity contribution is 0.608. The molecule has 19 heavy (non-hydrogen) atoms. The Kier molecular flexibility index (Phi) is 4.49. The standard InChI is InChI=1S/C16H15Cl2F/c1-10-6-13(7-11(2)16(10)19)15(18)9-12-4-3-5-14(17)8-12/h3-8,15H,9H2,1-2H3. The van der Waals surface area contributed by atoms with Crippen molar-refractivity contribution in [1.82, 2.24) is 0 Å². The van der Waals surface area contributed by atoms with Gasteiger partial charge in [-0.3, -0.25) is 0 Å². The Morgan fingerprint density at radius 3 is 2.32 bits per heavy atom. The molecule has 100 valence electrons. The van der Waals surface area contributed by atoms with E-state index in [0.717, 1.165) is 11.1 Å². The van der Waals surface area contributed by atoms with Crippen LogP contribution in [-0.4, -0.2) is 0 Å². The Hall–Kier alpha value is -1.05. The van der Waals surface area contributed by atoms with Gasteiger partial charge >= 0.3 is 0 Å². The van der Waals surface area contributed by atoms with E-state index in [0.29, 0.717) is 22.6 Å². The number of aryl methyl sites for hydroxylation is 2. The van der Waals surface area contributed by atoms with Crippen molar-refractivity contribution in [3.05, 3.63) is 69.5 Å². The molecule has 1 atom stereocenters. The van der Waals surface area contributed by atoms with E-state index in [4.69, 9.17) is 23.2 Å².